The molecule has 0 radical (unpaired) electrons. The summed E-state index contributed by atoms with van der Waals surface area (Å²) in [5, 5.41) is 3.52. The number of hydrogen-bond acceptors (Lipinski definition) is 5. The number of aromatic nitrogens is 6. The molecule has 0 atom stereocenters. The third-order valence-corrected chi connectivity index (χ3v) is 5.96. The molecule has 170 valence electrons. The predicted octanol–water partition coefficient (Wildman–Crippen LogP) is 4.11. The lowest BCUT2D eigenvalue weighted by Gasteiger charge is -2.20. The van der Waals surface area contributed by atoms with E-state index in [0.29, 0.717) is 19.6 Å². The summed E-state index contributed by atoms with van der Waals surface area (Å²) < 4.78 is 0. The minimum absolute atomic E-state index is 0.692. The summed E-state index contributed by atoms with van der Waals surface area (Å²) in [4.78, 5) is 26.8. The third-order valence-electron chi connectivity index (χ3n) is 5.96. The first-order chi connectivity index (χ1) is 16.8. The first-order valence-electron chi connectivity index (χ1n) is 11.5. The molecule has 0 saturated heterocycles. The minimum Gasteiger partial charge on any atom is -0.341 e. The molecule has 0 fully saturated rings. The third kappa shape index (κ3) is 4.41. The Kier molecular flexibility index (Phi) is 5.50. The van der Waals surface area contributed by atoms with Crippen LogP contribution < -0.4 is 5.32 Å². The number of fused-ring (bicyclic) bond motifs is 3. The minimum atomic E-state index is 0.692. The molecule has 3 aromatic heterocycles. The zero-order valence-electron chi connectivity index (χ0n) is 18.8. The highest BCUT2D eigenvalue weighted by molar-refractivity contribution is 5.76. The molecule has 0 unspecified atom stereocenters. The van der Waals surface area contributed by atoms with Crippen LogP contribution in [0.5, 0.6) is 0 Å². The van der Waals surface area contributed by atoms with Crippen LogP contribution in [0.3, 0.4) is 0 Å². The maximum Gasteiger partial charge on any atom is 0.121 e. The van der Waals surface area contributed by atoms with Gasteiger partial charge in [0.25, 0.3) is 0 Å². The van der Waals surface area contributed by atoms with Crippen LogP contribution in [0.1, 0.15) is 17.5 Å². The van der Waals surface area contributed by atoms with Gasteiger partial charge in [-0.1, -0.05) is 36.4 Å². The van der Waals surface area contributed by atoms with Crippen molar-refractivity contribution in [2.24, 2.45) is 0 Å². The summed E-state index contributed by atoms with van der Waals surface area (Å²) in [6.45, 7) is 3.76. The number of hydrogen-bond donors (Lipinski definition) is 4. The van der Waals surface area contributed by atoms with E-state index in [1.165, 1.54) is 0 Å². The molecule has 0 saturated carbocycles. The maximum atomic E-state index is 4.77. The van der Waals surface area contributed by atoms with E-state index >= 15 is 0 Å². The van der Waals surface area contributed by atoms with Crippen LogP contribution in [-0.2, 0) is 19.6 Å². The topological polar surface area (TPSA) is 101 Å². The smallest absolute Gasteiger partial charge is 0.121 e. The Bertz CT molecular complexity index is 1370. The zero-order chi connectivity index (χ0) is 22.7. The molecule has 3 heterocycles. The first kappa shape index (κ1) is 20.6. The highest BCUT2D eigenvalue weighted by atomic mass is 15.2. The van der Waals surface area contributed by atoms with Crippen molar-refractivity contribution in [3.05, 3.63) is 90.3 Å². The number of para-hydroxylation sites is 6. The van der Waals surface area contributed by atoms with E-state index in [2.05, 4.69) is 42.3 Å². The predicted molar refractivity (Wildman–Crippen MR) is 134 cm³/mol. The Labute approximate surface area is 196 Å². The van der Waals surface area contributed by atoms with E-state index < -0.39 is 0 Å². The molecule has 4 N–H and O–H groups in total. The van der Waals surface area contributed by atoms with Crippen molar-refractivity contribution in [2.75, 3.05) is 13.1 Å². The van der Waals surface area contributed by atoms with E-state index in [9.17, 15) is 0 Å². The van der Waals surface area contributed by atoms with Crippen LogP contribution in [0.15, 0.2) is 72.8 Å². The van der Waals surface area contributed by atoms with E-state index in [0.717, 1.165) is 63.7 Å². The molecule has 6 aromatic rings. The Balaban J connectivity index is 1.14. The van der Waals surface area contributed by atoms with Gasteiger partial charge in [-0.2, -0.15) is 0 Å². The van der Waals surface area contributed by atoms with Gasteiger partial charge in [-0.05, 0) is 36.4 Å². The molecule has 3 aromatic carbocycles. The second-order valence-corrected chi connectivity index (χ2v) is 8.49. The van der Waals surface area contributed by atoms with Gasteiger partial charge in [0.05, 0.1) is 52.7 Å². The quantitative estimate of drug-likeness (QED) is 0.248. The lowest BCUT2D eigenvalue weighted by Crippen LogP contribution is -2.32. The highest BCUT2D eigenvalue weighted by Gasteiger charge is 2.13. The monoisotopic (exact) mass is 450 g/mol. The average molecular weight is 451 g/mol. The summed E-state index contributed by atoms with van der Waals surface area (Å²) in [5.74, 6) is 2.85. The Hall–Kier alpha value is -4.01. The van der Waals surface area contributed by atoms with Gasteiger partial charge >= 0.3 is 0 Å². The fourth-order valence-electron chi connectivity index (χ4n) is 4.33. The van der Waals surface area contributed by atoms with Gasteiger partial charge in [0.15, 0.2) is 0 Å². The van der Waals surface area contributed by atoms with Crippen molar-refractivity contribution >= 4 is 33.1 Å². The fourth-order valence-corrected chi connectivity index (χ4v) is 4.33. The van der Waals surface area contributed by atoms with E-state index in [4.69, 9.17) is 9.97 Å². The molecule has 0 aliphatic carbocycles. The lowest BCUT2D eigenvalue weighted by atomic mass is 10.3. The van der Waals surface area contributed by atoms with Crippen molar-refractivity contribution in [1.82, 2.24) is 40.1 Å². The largest absolute Gasteiger partial charge is 0.341 e. The molecule has 0 bridgehead atoms. The van der Waals surface area contributed by atoms with Gasteiger partial charge < -0.3 is 20.3 Å². The molecule has 8 nitrogen and oxygen atoms in total. The molecular weight excluding hydrogens is 424 g/mol. The van der Waals surface area contributed by atoms with E-state index in [1.807, 2.05) is 60.7 Å². The fraction of sp³-hybridized carbons (Fsp3) is 0.192. The van der Waals surface area contributed by atoms with E-state index in [1.54, 1.807) is 0 Å². The molecule has 0 aliphatic heterocycles. The average Bonchev–Trinajstić information content (AvgIpc) is 3.56. The van der Waals surface area contributed by atoms with Crippen LogP contribution >= 0.6 is 0 Å². The lowest BCUT2D eigenvalue weighted by molar-refractivity contribution is 0.245. The van der Waals surface area contributed by atoms with Gasteiger partial charge in [-0.25, -0.2) is 15.0 Å². The number of H-pyrrole nitrogens is 3. The number of benzene rings is 3. The van der Waals surface area contributed by atoms with Crippen LogP contribution in [0.25, 0.3) is 33.1 Å². The molecular formula is C26H26N8. The second-order valence-electron chi connectivity index (χ2n) is 8.49. The second kappa shape index (κ2) is 9.09. The van der Waals surface area contributed by atoms with Crippen LogP contribution in [-0.4, -0.2) is 47.9 Å². The van der Waals surface area contributed by atoms with Gasteiger partial charge in [0.2, 0.25) is 0 Å². The SMILES string of the molecule is c1ccc2[nH]c(CNCCN(Cc3nc4ccccc4[nH]3)Cc3nc4ccccc4[nH]3)nc2c1. The summed E-state index contributed by atoms with van der Waals surface area (Å²) in [5.41, 5.74) is 6.16. The van der Waals surface area contributed by atoms with Crippen molar-refractivity contribution < 1.29 is 0 Å². The van der Waals surface area contributed by atoms with Crippen LogP contribution in [0, 0.1) is 0 Å². The Morgan fingerprint density at radius 1 is 0.588 bits per heavy atom. The van der Waals surface area contributed by atoms with Crippen molar-refractivity contribution in [3.63, 3.8) is 0 Å². The van der Waals surface area contributed by atoms with Gasteiger partial charge in [-0.15, -0.1) is 0 Å². The number of nitrogens with one attached hydrogen (secondary N) is 4. The molecule has 8 heteroatoms. The van der Waals surface area contributed by atoms with Crippen molar-refractivity contribution in [3.8, 4) is 0 Å². The molecule has 0 aliphatic rings. The molecule has 34 heavy (non-hydrogen) atoms. The normalized spacial score (nSPS) is 11.9. The maximum absolute atomic E-state index is 4.77. The molecule has 0 amide bonds. The van der Waals surface area contributed by atoms with Gasteiger partial charge in [0.1, 0.15) is 17.5 Å². The first-order valence-corrected chi connectivity index (χ1v) is 11.5. The molecule has 6 rings (SSSR count). The van der Waals surface area contributed by atoms with E-state index in [-0.39, 0.29) is 0 Å². The Morgan fingerprint density at radius 2 is 1.03 bits per heavy atom. The van der Waals surface area contributed by atoms with Gasteiger partial charge in [-0.3, -0.25) is 4.90 Å². The number of aromatic amines is 3. The standard InChI is InChI=1S/C26H26N8/c1-2-8-19-18(7-1)28-24(29-19)15-27-13-14-34(16-25-30-20-9-3-4-10-21(20)31-25)17-26-32-22-11-5-6-12-23(22)33-26/h1-12,27H,13-17H2,(H,28,29)(H,30,31)(H,32,33). The number of rotatable bonds is 9. The zero-order valence-corrected chi connectivity index (χ0v) is 18.8. The highest BCUT2D eigenvalue weighted by Crippen LogP contribution is 2.15. The number of imidazole rings is 3. The Morgan fingerprint density at radius 3 is 1.53 bits per heavy atom. The van der Waals surface area contributed by atoms with Crippen molar-refractivity contribution in [1.29, 1.82) is 0 Å². The summed E-state index contributed by atoms with van der Waals surface area (Å²) in [6.07, 6.45) is 0. The number of nitrogens with zero attached hydrogens (tertiary/aromatic N) is 4. The summed E-state index contributed by atoms with van der Waals surface area (Å²) >= 11 is 0. The molecule has 0 spiro atoms. The summed E-state index contributed by atoms with van der Waals surface area (Å²) in [6, 6.07) is 24.4. The van der Waals surface area contributed by atoms with Gasteiger partial charge in [0, 0.05) is 13.1 Å². The summed E-state index contributed by atoms with van der Waals surface area (Å²) in [7, 11) is 0. The van der Waals surface area contributed by atoms with Crippen LogP contribution in [0.2, 0.25) is 0 Å². The van der Waals surface area contributed by atoms with Crippen LogP contribution in [0.4, 0.5) is 0 Å². The van der Waals surface area contributed by atoms with Crippen molar-refractivity contribution in [2.45, 2.75) is 19.6 Å².